The molecule has 0 saturated heterocycles. The Balaban J connectivity index is 2.03. The zero-order chi connectivity index (χ0) is 20.2. The van der Waals surface area contributed by atoms with Crippen molar-refractivity contribution < 1.29 is 4.92 Å². The van der Waals surface area contributed by atoms with Crippen LogP contribution >= 0.6 is 12.2 Å². The van der Waals surface area contributed by atoms with Gasteiger partial charge in [-0.1, -0.05) is 66.7 Å². The van der Waals surface area contributed by atoms with Crippen molar-refractivity contribution in [3.63, 3.8) is 0 Å². The molecule has 0 aliphatic heterocycles. The molecule has 1 aromatic heterocycles. The van der Waals surface area contributed by atoms with Crippen molar-refractivity contribution in [3.05, 3.63) is 100 Å². The molecule has 142 valence electrons. The number of fused-ring (bicyclic) bond motifs is 1. The van der Waals surface area contributed by atoms with Crippen LogP contribution in [0.25, 0.3) is 22.2 Å². The van der Waals surface area contributed by atoms with E-state index in [9.17, 15) is 10.1 Å². The van der Waals surface area contributed by atoms with E-state index < -0.39 is 5.92 Å². The second-order valence-electron chi connectivity index (χ2n) is 6.66. The lowest BCUT2D eigenvalue weighted by Crippen LogP contribution is -2.14. The Morgan fingerprint density at radius 2 is 1.69 bits per heavy atom. The van der Waals surface area contributed by atoms with E-state index in [1.54, 1.807) is 6.07 Å². The van der Waals surface area contributed by atoms with Crippen molar-refractivity contribution in [1.29, 1.82) is 0 Å². The van der Waals surface area contributed by atoms with Gasteiger partial charge in [0.05, 0.1) is 22.5 Å². The van der Waals surface area contributed by atoms with Crippen molar-refractivity contribution in [2.75, 3.05) is 6.54 Å². The third-order valence-electron chi connectivity index (χ3n) is 4.97. The standard InChI is InChI=1S/C23H17N3O2S/c27-26(28)14-19(17-10-4-6-12-20(17)24-15-29)22-18-11-5-7-13-21(18)25-23(22)16-8-2-1-3-9-16/h1-13,19,25H,14H2. The predicted octanol–water partition coefficient (Wildman–Crippen LogP) is 5.98. The van der Waals surface area contributed by atoms with Gasteiger partial charge in [-0.05, 0) is 41.0 Å². The molecule has 0 spiro atoms. The highest BCUT2D eigenvalue weighted by atomic mass is 32.1. The molecular weight excluding hydrogens is 382 g/mol. The lowest BCUT2D eigenvalue weighted by molar-refractivity contribution is -0.481. The maximum atomic E-state index is 11.7. The predicted molar refractivity (Wildman–Crippen MR) is 119 cm³/mol. The molecule has 0 saturated carbocycles. The van der Waals surface area contributed by atoms with Crippen LogP contribution in [0.5, 0.6) is 0 Å². The number of nitrogens with zero attached hydrogens (tertiary/aromatic N) is 2. The van der Waals surface area contributed by atoms with Gasteiger partial charge in [-0.3, -0.25) is 10.1 Å². The highest BCUT2D eigenvalue weighted by Crippen LogP contribution is 2.41. The molecule has 0 radical (unpaired) electrons. The van der Waals surface area contributed by atoms with E-state index in [-0.39, 0.29) is 11.5 Å². The van der Waals surface area contributed by atoms with Crippen LogP contribution in [-0.4, -0.2) is 21.6 Å². The summed E-state index contributed by atoms with van der Waals surface area (Å²) in [4.78, 5) is 19.0. The SMILES string of the molecule is O=[N+]([O-])CC(c1ccccc1N=C=S)c1c(-c2ccccc2)[nH]c2ccccc12. The summed E-state index contributed by atoms with van der Waals surface area (Å²) in [5.74, 6) is -0.500. The molecule has 0 bridgehead atoms. The second kappa shape index (κ2) is 8.19. The van der Waals surface area contributed by atoms with Gasteiger partial charge in [0, 0.05) is 15.8 Å². The molecule has 0 amide bonds. The van der Waals surface area contributed by atoms with Gasteiger partial charge < -0.3 is 4.98 Å². The van der Waals surface area contributed by atoms with E-state index in [0.29, 0.717) is 5.69 Å². The van der Waals surface area contributed by atoms with E-state index in [4.69, 9.17) is 12.2 Å². The van der Waals surface area contributed by atoms with Crippen LogP contribution in [0.1, 0.15) is 17.0 Å². The lowest BCUT2D eigenvalue weighted by Gasteiger charge is -2.17. The van der Waals surface area contributed by atoms with Gasteiger partial charge in [0.2, 0.25) is 6.54 Å². The molecule has 3 aromatic carbocycles. The summed E-state index contributed by atoms with van der Waals surface area (Å²) in [6.45, 7) is -0.258. The van der Waals surface area contributed by atoms with E-state index in [1.807, 2.05) is 72.8 Å². The van der Waals surface area contributed by atoms with Gasteiger partial charge >= 0.3 is 0 Å². The normalized spacial score (nSPS) is 11.7. The molecule has 4 rings (SSSR count). The number of aliphatic imine (C=N–C) groups is 1. The number of para-hydroxylation sites is 2. The van der Waals surface area contributed by atoms with E-state index in [1.165, 1.54) is 0 Å². The van der Waals surface area contributed by atoms with Gasteiger partial charge in [-0.25, -0.2) is 0 Å². The molecule has 1 atom stereocenters. The summed E-state index contributed by atoms with van der Waals surface area (Å²) in [5.41, 5.74) is 5.02. The molecule has 0 aliphatic rings. The van der Waals surface area contributed by atoms with Crippen LogP contribution in [0.4, 0.5) is 5.69 Å². The highest BCUT2D eigenvalue weighted by Gasteiger charge is 2.29. The zero-order valence-electron chi connectivity index (χ0n) is 15.4. The number of hydrogen-bond donors (Lipinski definition) is 1. The zero-order valence-corrected chi connectivity index (χ0v) is 16.2. The number of nitro groups is 1. The Kier molecular flexibility index (Phi) is 5.29. The molecular formula is C23H17N3O2S. The van der Waals surface area contributed by atoms with E-state index in [0.717, 1.165) is 33.3 Å². The number of benzene rings is 3. The minimum atomic E-state index is -0.500. The Hall–Kier alpha value is -3.60. The number of rotatable bonds is 6. The molecule has 4 aromatic rings. The average Bonchev–Trinajstić information content (AvgIpc) is 3.13. The quantitative estimate of drug-likeness (QED) is 0.188. The minimum Gasteiger partial charge on any atom is -0.354 e. The van der Waals surface area contributed by atoms with Gasteiger partial charge in [-0.2, -0.15) is 4.99 Å². The molecule has 1 N–H and O–H groups in total. The van der Waals surface area contributed by atoms with Gasteiger partial charge in [-0.15, -0.1) is 0 Å². The van der Waals surface area contributed by atoms with Crippen LogP contribution in [0.15, 0.2) is 83.9 Å². The van der Waals surface area contributed by atoms with Gasteiger partial charge in [0.25, 0.3) is 0 Å². The molecule has 5 nitrogen and oxygen atoms in total. The summed E-state index contributed by atoms with van der Waals surface area (Å²) in [6, 6.07) is 25.1. The number of nitrogens with one attached hydrogen (secondary N) is 1. The molecule has 1 unspecified atom stereocenters. The summed E-state index contributed by atoms with van der Waals surface area (Å²) >= 11 is 4.79. The number of thiocarbonyl (C=S) groups is 1. The van der Waals surface area contributed by atoms with Crippen LogP contribution in [0.3, 0.4) is 0 Å². The van der Waals surface area contributed by atoms with Crippen LogP contribution in [0.2, 0.25) is 0 Å². The van der Waals surface area contributed by atoms with Gasteiger partial charge in [0.1, 0.15) is 0 Å². The Labute approximate surface area is 172 Å². The van der Waals surface area contributed by atoms with Crippen molar-refractivity contribution >= 4 is 34.0 Å². The van der Waals surface area contributed by atoms with Crippen molar-refractivity contribution in [2.24, 2.45) is 4.99 Å². The monoisotopic (exact) mass is 399 g/mol. The maximum absolute atomic E-state index is 11.7. The van der Waals surface area contributed by atoms with Crippen LogP contribution < -0.4 is 0 Å². The molecule has 0 aliphatic carbocycles. The summed E-state index contributed by atoms with van der Waals surface area (Å²) in [5, 5.41) is 15.0. The minimum absolute atomic E-state index is 0.258. The molecule has 0 fully saturated rings. The number of hydrogen-bond acceptors (Lipinski definition) is 4. The molecule has 6 heteroatoms. The Morgan fingerprint density at radius 3 is 2.45 bits per heavy atom. The van der Waals surface area contributed by atoms with Crippen molar-refractivity contribution in [3.8, 4) is 11.3 Å². The van der Waals surface area contributed by atoms with Crippen molar-refractivity contribution in [1.82, 2.24) is 4.98 Å². The number of isothiocyanates is 1. The van der Waals surface area contributed by atoms with Crippen molar-refractivity contribution in [2.45, 2.75) is 5.92 Å². The first kappa shape index (κ1) is 18.7. The fourth-order valence-corrected chi connectivity index (χ4v) is 3.88. The third kappa shape index (κ3) is 3.72. The van der Waals surface area contributed by atoms with Crippen LogP contribution in [0, 0.1) is 10.1 Å². The summed E-state index contributed by atoms with van der Waals surface area (Å²) in [7, 11) is 0. The molecule has 1 heterocycles. The fourth-order valence-electron chi connectivity index (χ4n) is 3.79. The second-order valence-corrected chi connectivity index (χ2v) is 6.84. The first-order chi connectivity index (χ1) is 14.2. The average molecular weight is 399 g/mol. The van der Waals surface area contributed by atoms with Crippen LogP contribution in [-0.2, 0) is 0 Å². The number of aromatic amines is 1. The summed E-state index contributed by atoms with van der Waals surface area (Å²) < 4.78 is 0. The lowest BCUT2D eigenvalue weighted by atomic mass is 9.86. The summed E-state index contributed by atoms with van der Waals surface area (Å²) in [6.07, 6.45) is 0. The Morgan fingerprint density at radius 1 is 1.00 bits per heavy atom. The fraction of sp³-hybridized carbons (Fsp3) is 0.0870. The number of aromatic nitrogens is 1. The Bertz CT molecular complexity index is 1230. The van der Waals surface area contributed by atoms with Gasteiger partial charge in [0.15, 0.2) is 0 Å². The first-order valence-electron chi connectivity index (χ1n) is 9.13. The van der Waals surface area contributed by atoms with E-state index >= 15 is 0 Å². The topological polar surface area (TPSA) is 71.3 Å². The third-order valence-corrected chi connectivity index (χ3v) is 5.06. The highest BCUT2D eigenvalue weighted by molar-refractivity contribution is 7.78. The maximum Gasteiger partial charge on any atom is 0.214 e. The number of H-pyrrole nitrogens is 1. The molecule has 29 heavy (non-hydrogen) atoms. The smallest absolute Gasteiger partial charge is 0.214 e. The largest absolute Gasteiger partial charge is 0.354 e. The first-order valence-corrected chi connectivity index (χ1v) is 9.54. The van der Waals surface area contributed by atoms with E-state index in [2.05, 4.69) is 15.1 Å².